The highest BCUT2D eigenvalue weighted by Crippen LogP contribution is 2.33. The predicted molar refractivity (Wildman–Crippen MR) is 85.0 cm³/mol. The normalized spacial score (nSPS) is 17.4. The van der Waals surface area contributed by atoms with Crippen molar-refractivity contribution in [3.8, 4) is 11.1 Å². The number of nitrogens with zero attached hydrogens (tertiary/aromatic N) is 1. The summed E-state index contributed by atoms with van der Waals surface area (Å²) in [6, 6.07) is 14.2. The van der Waals surface area contributed by atoms with E-state index >= 15 is 0 Å². The maximum absolute atomic E-state index is 10.9. The quantitative estimate of drug-likeness (QED) is 0.909. The first-order valence-electron chi connectivity index (χ1n) is 7.26. The molecule has 0 saturated heterocycles. The van der Waals surface area contributed by atoms with Gasteiger partial charge in [0.25, 0.3) is 0 Å². The Labute approximate surface area is 124 Å². The van der Waals surface area contributed by atoms with Crippen LogP contribution in [0.2, 0.25) is 0 Å². The predicted octanol–water partition coefficient (Wildman–Crippen LogP) is 3.82. The van der Waals surface area contributed by atoms with Crippen LogP contribution in [0.1, 0.15) is 29.3 Å². The monoisotopic (exact) mass is 281 g/mol. The Kier molecular flexibility index (Phi) is 3.42. The number of anilines is 1. The lowest BCUT2D eigenvalue weighted by Crippen LogP contribution is -2.33. The number of rotatable bonds is 2. The molecule has 1 aliphatic rings. The molecule has 2 aromatic carbocycles. The van der Waals surface area contributed by atoms with Crippen molar-refractivity contribution in [1.82, 2.24) is 0 Å². The Bertz CT molecular complexity index is 676. The van der Waals surface area contributed by atoms with Crippen LogP contribution in [0.4, 0.5) is 5.69 Å². The molecule has 1 heterocycles. The van der Waals surface area contributed by atoms with Crippen molar-refractivity contribution in [3.63, 3.8) is 0 Å². The SMILES string of the molecule is C[C@H]1CCc2cc(-c3ccc(C(=O)O)cc3)ccc2N1C. The molecular formula is C18H19NO2. The lowest BCUT2D eigenvalue weighted by Gasteiger charge is -2.34. The summed E-state index contributed by atoms with van der Waals surface area (Å²) in [5, 5.41) is 8.95. The number of hydrogen-bond donors (Lipinski definition) is 1. The summed E-state index contributed by atoms with van der Waals surface area (Å²) < 4.78 is 0. The van der Waals surface area contributed by atoms with Gasteiger partial charge in [0.1, 0.15) is 0 Å². The molecule has 3 rings (SSSR count). The number of hydrogen-bond acceptors (Lipinski definition) is 2. The van der Waals surface area contributed by atoms with Crippen LogP contribution in [0.3, 0.4) is 0 Å². The molecule has 0 fully saturated rings. The molecule has 1 N–H and O–H groups in total. The van der Waals surface area contributed by atoms with Crippen LogP contribution in [0, 0.1) is 0 Å². The van der Waals surface area contributed by atoms with Gasteiger partial charge in [0.2, 0.25) is 0 Å². The molecule has 108 valence electrons. The van der Waals surface area contributed by atoms with E-state index in [1.54, 1.807) is 12.1 Å². The summed E-state index contributed by atoms with van der Waals surface area (Å²) in [6.07, 6.45) is 2.27. The molecule has 3 heteroatoms. The molecule has 1 atom stereocenters. The van der Waals surface area contributed by atoms with E-state index in [-0.39, 0.29) is 0 Å². The molecule has 2 aromatic rings. The zero-order valence-corrected chi connectivity index (χ0v) is 12.3. The van der Waals surface area contributed by atoms with Gasteiger partial charge in [-0.25, -0.2) is 4.79 Å². The summed E-state index contributed by atoms with van der Waals surface area (Å²) in [5.41, 5.74) is 5.21. The Hall–Kier alpha value is -2.29. The van der Waals surface area contributed by atoms with Gasteiger partial charge in [0.15, 0.2) is 0 Å². The molecule has 0 radical (unpaired) electrons. The highest BCUT2D eigenvalue weighted by molar-refractivity contribution is 5.88. The van der Waals surface area contributed by atoms with E-state index in [1.807, 2.05) is 12.1 Å². The van der Waals surface area contributed by atoms with Gasteiger partial charge in [0.05, 0.1) is 5.56 Å². The van der Waals surface area contributed by atoms with Gasteiger partial charge in [-0.2, -0.15) is 0 Å². The Morgan fingerprint density at radius 3 is 2.48 bits per heavy atom. The van der Waals surface area contributed by atoms with E-state index in [0.29, 0.717) is 11.6 Å². The summed E-state index contributed by atoms with van der Waals surface area (Å²) >= 11 is 0. The van der Waals surface area contributed by atoms with Gasteiger partial charge in [-0.05, 0) is 60.7 Å². The number of aryl methyl sites for hydroxylation is 1. The van der Waals surface area contributed by atoms with Crippen LogP contribution < -0.4 is 4.90 Å². The topological polar surface area (TPSA) is 40.5 Å². The average molecular weight is 281 g/mol. The molecule has 0 amide bonds. The number of fused-ring (bicyclic) bond motifs is 1. The van der Waals surface area contributed by atoms with Gasteiger partial charge >= 0.3 is 5.97 Å². The standard InChI is InChI=1S/C18H19NO2/c1-12-3-4-16-11-15(9-10-17(16)19(12)2)13-5-7-14(8-6-13)18(20)21/h5-12H,3-4H2,1-2H3,(H,20,21)/t12-/m0/s1. The number of carbonyl (C=O) groups is 1. The highest BCUT2D eigenvalue weighted by atomic mass is 16.4. The summed E-state index contributed by atoms with van der Waals surface area (Å²) in [7, 11) is 2.14. The molecular weight excluding hydrogens is 262 g/mol. The lowest BCUT2D eigenvalue weighted by molar-refractivity contribution is 0.0697. The van der Waals surface area contributed by atoms with E-state index in [1.165, 1.54) is 17.7 Å². The third kappa shape index (κ3) is 2.51. The molecule has 0 saturated carbocycles. The maximum atomic E-state index is 10.9. The van der Waals surface area contributed by atoms with Gasteiger partial charge in [-0.15, -0.1) is 0 Å². The van der Waals surface area contributed by atoms with Crippen LogP contribution in [-0.2, 0) is 6.42 Å². The first kappa shape index (κ1) is 13.7. The minimum absolute atomic E-state index is 0.324. The fourth-order valence-corrected chi connectivity index (χ4v) is 2.91. The fourth-order valence-electron chi connectivity index (χ4n) is 2.91. The summed E-state index contributed by atoms with van der Waals surface area (Å²) in [4.78, 5) is 13.2. The largest absolute Gasteiger partial charge is 0.478 e. The zero-order valence-electron chi connectivity index (χ0n) is 12.3. The van der Waals surface area contributed by atoms with Crippen molar-refractivity contribution in [1.29, 1.82) is 0 Å². The van der Waals surface area contributed by atoms with Crippen molar-refractivity contribution in [2.45, 2.75) is 25.8 Å². The number of carboxylic acids is 1. The molecule has 0 spiro atoms. The van der Waals surface area contributed by atoms with Crippen LogP contribution in [0.5, 0.6) is 0 Å². The van der Waals surface area contributed by atoms with Crippen LogP contribution in [0.15, 0.2) is 42.5 Å². The molecule has 0 aliphatic carbocycles. The molecule has 0 aromatic heterocycles. The molecule has 3 nitrogen and oxygen atoms in total. The van der Waals surface area contributed by atoms with E-state index < -0.39 is 5.97 Å². The van der Waals surface area contributed by atoms with Crippen molar-refractivity contribution < 1.29 is 9.90 Å². The zero-order chi connectivity index (χ0) is 15.0. The smallest absolute Gasteiger partial charge is 0.335 e. The third-order valence-corrected chi connectivity index (χ3v) is 4.42. The number of carboxylic acid groups (broad SMARTS) is 1. The van der Waals surface area contributed by atoms with E-state index in [0.717, 1.165) is 17.5 Å². The number of benzene rings is 2. The second-order valence-electron chi connectivity index (χ2n) is 5.72. The maximum Gasteiger partial charge on any atom is 0.335 e. The Balaban J connectivity index is 1.95. The van der Waals surface area contributed by atoms with Crippen molar-refractivity contribution in [2.75, 3.05) is 11.9 Å². The molecule has 0 unspecified atom stereocenters. The minimum atomic E-state index is -0.886. The Morgan fingerprint density at radius 1 is 1.14 bits per heavy atom. The average Bonchev–Trinajstić information content (AvgIpc) is 2.51. The van der Waals surface area contributed by atoms with Crippen molar-refractivity contribution in [2.24, 2.45) is 0 Å². The van der Waals surface area contributed by atoms with Gasteiger partial charge in [0, 0.05) is 18.8 Å². The van der Waals surface area contributed by atoms with Crippen LogP contribution >= 0.6 is 0 Å². The van der Waals surface area contributed by atoms with Crippen molar-refractivity contribution >= 4 is 11.7 Å². The molecule has 0 bridgehead atoms. The Morgan fingerprint density at radius 2 is 1.81 bits per heavy atom. The second-order valence-corrected chi connectivity index (χ2v) is 5.72. The van der Waals surface area contributed by atoms with Crippen molar-refractivity contribution in [3.05, 3.63) is 53.6 Å². The third-order valence-electron chi connectivity index (χ3n) is 4.42. The van der Waals surface area contributed by atoms with Gasteiger partial charge in [-0.1, -0.05) is 18.2 Å². The van der Waals surface area contributed by atoms with Crippen LogP contribution in [-0.4, -0.2) is 24.2 Å². The van der Waals surface area contributed by atoms with Crippen LogP contribution in [0.25, 0.3) is 11.1 Å². The first-order chi connectivity index (χ1) is 10.1. The van der Waals surface area contributed by atoms with Gasteiger partial charge < -0.3 is 10.0 Å². The number of aromatic carboxylic acids is 1. The fraction of sp³-hybridized carbons (Fsp3) is 0.278. The van der Waals surface area contributed by atoms with Gasteiger partial charge in [-0.3, -0.25) is 0 Å². The summed E-state index contributed by atoms with van der Waals surface area (Å²) in [6.45, 7) is 2.25. The second kappa shape index (κ2) is 5.24. The first-order valence-corrected chi connectivity index (χ1v) is 7.26. The van der Waals surface area contributed by atoms with E-state index in [9.17, 15) is 4.79 Å². The lowest BCUT2D eigenvalue weighted by atomic mass is 9.93. The molecule has 21 heavy (non-hydrogen) atoms. The van der Waals surface area contributed by atoms with E-state index in [4.69, 9.17) is 5.11 Å². The van der Waals surface area contributed by atoms with E-state index in [2.05, 4.69) is 37.1 Å². The summed E-state index contributed by atoms with van der Waals surface area (Å²) in [5.74, 6) is -0.886. The molecule has 1 aliphatic heterocycles. The minimum Gasteiger partial charge on any atom is -0.478 e. The highest BCUT2D eigenvalue weighted by Gasteiger charge is 2.19.